The van der Waals surface area contributed by atoms with Crippen LogP contribution in [0.15, 0.2) is 23.0 Å². The van der Waals surface area contributed by atoms with E-state index in [-0.39, 0.29) is 6.04 Å². The number of nitrogens with zero attached hydrogens (tertiary/aromatic N) is 4. The molecule has 1 aliphatic rings. The molecule has 4 rings (SSSR count). The number of aromatic nitrogens is 4. The molecular formula is C16H19N7O2. The lowest BCUT2D eigenvalue weighted by Crippen LogP contribution is -2.29. The van der Waals surface area contributed by atoms with Crippen LogP contribution in [0.3, 0.4) is 0 Å². The Morgan fingerprint density at radius 3 is 2.96 bits per heavy atom. The zero-order valence-corrected chi connectivity index (χ0v) is 14.0. The quantitative estimate of drug-likeness (QED) is 0.641. The number of aryl methyl sites for hydroxylation is 1. The van der Waals surface area contributed by atoms with E-state index in [0.29, 0.717) is 28.9 Å². The lowest BCUT2D eigenvalue weighted by molar-refractivity contribution is 0.100. The van der Waals surface area contributed by atoms with Crippen molar-refractivity contribution in [1.29, 1.82) is 0 Å². The van der Waals surface area contributed by atoms with Crippen molar-refractivity contribution in [2.45, 2.75) is 19.9 Å². The van der Waals surface area contributed by atoms with Gasteiger partial charge in [0.15, 0.2) is 5.82 Å². The van der Waals surface area contributed by atoms with Gasteiger partial charge in [-0.25, -0.2) is 4.52 Å². The molecule has 2 atom stereocenters. The van der Waals surface area contributed by atoms with Crippen molar-refractivity contribution in [2.24, 2.45) is 11.7 Å². The van der Waals surface area contributed by atoms with E-state index in [2.05, 4.69) is 32.8 Å². The summed E-state index contributed by atoms with van der Waals surface area (Å²) in [5.41, 5.74) is 8.05. The second-order valence-corrected chi connectivity index (χ2v) is 6.39. The second-order valence-electron chi connectivity index (χ2n) is 6.39. The van der Waals surface area contributed by atoms with E-state index in [1.165, 1.54) is 6.20 Å². The van der Waals surface area contributed by atoms with Crippen LogP contribution in [0.4, 0.5) is 5.69 Å². The van der Waals surface area contributed by atoms with E-state index in [1.54, 1.807) is 17.6 Å². The van der Waals surface area contributed by atoms with Crippen LogP contribution in [-0.2, 0) is 0 Å². The van der Waals surface area contributed by atoms with E-state index in [0.717, 1.165) is 24.2 Å². The molecule has 130 valence electrons. The first kappa shape index (κ1) is 15.6. The monoisotopic (exact) mass is 341 g/mol. The maximum absolute atomic E-state index is 11.9. The van der Waals surface area contributed by atoms with Crippen LogP contribution >= 0.6 is 0 Å². The fourth-order valence-corrected chi connectivity index (χ4v) is 3.12. The van der Waals surface area contributed by atoms with Crippen LogP contribution in [0.2, 0.25) is 0 Å². The van der Waals surface area contributed by atoms with E-state index in [9.17, 15) is 4.79 Å². The summed E-state index contributed by atoms with van der Waals surface area (Å²) in [5.74, 6) is 0.875. The Labute approximate surface area is 143 Å². The molecule has 25 heavy (non-hydrogen) atoms. The van der Waals surface area contributed by atoms with Crippen LogP contribution in [0.1, 0.15) is 23.1 Å². The first-order valence-electron chi connectivity index (χ1n) is 8.12. The molecule has 1 aliphatic heterocycles. The van der Waals surface area contributed by atoms with Gasteiger partial charge in [0.25, 0.3) is 11.8 Å². The van der Waals surface area contributed by atoms with Crippen molar-refractivity contribution in [3.05, 3.63) is 29.8 Å². The number of carbonyl (C=O) groups excluding carboxylic acids is 1. The van der Waals surface area contributed by atoms with E-state index < -0.39 is 5.91 Å². The molecule has 4 N–H and O–H groups in total. The average molecular weight is 341 g/mol. The summed E-state index contributed by atoms with van der Waals surface area (Å²) >= 11 is 0. The van der Waals surface area contributed by atoms with Crippen LogP contribution in [0.25, 0.3) is 17.0 Å². The molecule has 0 saturated carbocycles. The molecule has 1 saturated heterocycles. The molecule has 0 aliphatic carbocycles. The molecule has 4 heterocycles. The summed E-state index contributed by atoms with van der Waals surface area (Å²) in [6, 6.07) is 2.06. The van der Waals surface area contributed by atoms with Crippen molar-refractivity contribution in [1.82, 2.24) is 25.1 Å². The third-order valence-corrected chi connectivity index (χ3v) is 4.52. The van der Waals surface area contributed by atoms with Gasteiger partial charge in [0, 0.05) is 18.8 Å². The van der Waals surface area contributed by atoms with Gasteiger partial charge in [-0.1, -0.05) is 12.1 Å². The Morgan fingerprint density at radius 1 is 1.48 bits per heavy atom. The SMILES string of the molecule is Cc1noc(-c2cc3c(NC4CNCC4C)c(C(N)=O)cnn3c2)n1. The van der Waals surface area contributed by atoms with Crippen LogP contribution in [-0.4, -0.2) is 44.8 Å². The number of carbonyl (C=O) groups is 1. The van der Waals surface area contributed by atoms with Crippen molar-refractivity contribution in [3.8, 4) is 11.5 Å². The van der Waals surface area contributed by atoms with Crippen molar-refractivity contribution in [3.63, 3.8) is 0 Å². The fourth-order valence-electron chi connectivity index (χ4n) is 3.12. The normalized spacial score (nSPS) is 20.2. The highest BCUT2D eigenvalue weighted by Gasteiger charge is 2.26. The van der Waals surface area contributed by atoms with Crippen LogP contribution < -0.4 is 16.4 Å². The summed E-state index contributed by atoms with van der Waals surface area (Å²) in [6.45, 7) is 5.67. The smallest absolute Gasteiger partial charge is 0.259 e. The van der Waals surface area contributed by atoms with Gasteiger partial charge in [-0.3, -0.25) is 4.79 Å². The van der Waals surface area contributed by atoms with Gasteiger partial charge in [0.05, 0.1) is 28.5 Å². The molecule has 0 bridgehead atoms. The zero-order valence-electron chi connectivity index (χ0n) is 14.0. The van der Waals surface area contributed by atoms with Crippen LogP contribution in [0, 0.1) is 12.8 Å². The Morgan fingerprint density at radius 2 is 2.32 bits per heavy atom. The Bertz CT molecular complexity index is 945. The summed E-state index contributed by atoms with van der Waals surface area (Å²) in [6.07, 6.45) is 3.27. The topological polar surface area (TPSA) is 123 Å². The minimum absolute atomic E-state index is 0.202. The highest BCUT2D eigenvalue weighted by molar-refractivity contribution is 6.02. The summed E-state index contributed by atoms with van der Waals surface area (Å²) < 4.78 is 6.90. The summed E-state index contributed by atoms with van der Waals surface area (Å²) in [7, 11) is 0. The van der Waals surface area contributed by atoms with Gasteiger partial charge in [-0.15, -0.1) is 0 Å². The molecule has 2 unspecified atom stereocenters. The highest BCUT2D eigenvalue weighted by Crippen LogP contribution is 2.29. The molecule has 0 spiro atoms. The number of hydrogen-bond donors (Lipinski definition) is 3. The molecule has 0 radical (unpaired) electrons. The molecule has 9 heteroatoms. The second kappa shape index (κ2) is 5.85. The van der Waals surface area contributed by atoms with Gasteiger partial charge in [-0.05, 0) is 25.5 Å². The van der Waals surface area contributed by atoms with Gasteiger partial charge in [-0.2, -0.15) is 10.1 Å². The number of rotatable bonds is 4. The minimum atomic E-state index is -0.521. The number of nitrogens with one attached hydrogen (secondary N) is 2. The number of fused-ring (bicyclic) bond motifs is 1. The Balaban J connectivity index is 1.83. The first-order valence-corrected chi connectivity index (χ1v) is 8.12. The largest absolute Gasteiger partial charge is 0.378 e. The minimum Gasteiger partial charge on any atom is -0.378 e. The van der Waals surface area contributed by atoms with Crippen molar-refractivity contribution >= 4 is 17.1 Å². The first-order chi connectivity index (χ1) is 12.0. The average Bonchev–Trinajstić information content (AvgIpc) is 3.27. The fraction of sp³-hybridized carbons (Fsp3) is 0.375. The number of hydrogen-bond acceptors (Lipinski definition) is 7. The molecule has 3 aromatic heterocycles. The molecule has 0 aromatic carbocycles. The van der Waals surface area contributed by atoms with Gasteiger partial charge < -0.3 is 20.9 Å². The van der Waals surface area contributed by atoms with Crippen molar-refractivity contribution < 1.29 is 9.32 Å². The zero-order chi connectivity index (χ0) is 17.6. The lowest BCUT2D eigenvalue weighted by Gasteiger charge is -2.20. The third kappa shape index (κ3) is 2.72. The van der Waals surface area contributed by atoms with Crippen molar-refractivity contribution in [2.75, 3.05) is 18.4 Å². The molecular weight excluding hydrogens is 322 g/mol. The lowest BCUT2D eigenvalue weighted by atomic mass is 10.1. The number of amides is 1. The number of primary amides is 1. The number of anilines is 1. The Kier molecular flexibility index (Phi) is 3.65. The van der Waals surface area contributed by atoms with E-state index in [1.807, 2.05) is 6.07 Å². The highest BCUT2D eigenvalue weighted by atomic mass is 16.5. The Hall–Kier alpha value is -2.94. The van der Waals surface area contributed by atoms with Gasteiger partial charge in [0.1, 0.15) is 0 Å². The molecule has 9 nitrogen and oxygen atoms in total. The predicted octanol–water partition coefficient (Wildman–Crippen LogP) is 0.811. The van der Waals surface area contributed by atoms with E-state index in [4.69, 9.17) is 10.3 Å². The standard InChI is InChI=1S/C16H19N7O2/c1-8-4-18-6-12(8)21-14-11(15(17)24)5-19-23-7-10(3-13(14)23)16-20-9(2)22-25-16/h3,5,7-8,12,18,21H,4,6H2,1-2H3,(H2,17,24). The van der Waals surface area contributed by atoms with E-state index >= 15 is 0 Å². The van der Waals surface area contributed by atoms with Gasteiger partial charge in [0.2, 0.25) is 0 Å². The van der Waals surface area contributed by atoms with Gasteiger partial charge >= 0.3 is 0 Å². The predicted molar refractivity (Wildman–Crippen MR) is 91.2 cm³/mol. The molecule has 3 aromatic rings. The maximum atomic E-state index is 11.9. The number of nitrogens with two attached hydrogens (primary N) is 1. The van der Waals surface area contributed by atoms with Crippen LogP contribution in [0.5, 0.6) is 0 Å². The molecule has 1 fully saturated rings. The maximum Gasteiger partial charge on any atom is 0.259 e. The summed E-state index contributed by atoms with van der Waals surface area (Å²) in [4.78, 5) is 16.1. The summed E-state index contributed by atoms with van der Waals surface area (Å²) in [5, 5.41) is 14.9. The molecule has 1 amide bonds. The third-order valence-electron chi connectivity index (χ3n) is 4.52.